The van der Waals surface area contributed by atoms with Gasteiger partial charge in [-0.1, -0.05) is 28.9 Å². The molecule has 4 heteroatoms. The molecule has 0 atom stereocenters. The maximum absolute atomic E-state index is 9.99. The number of aliphatic hydroxyl groups is 1. The summed E-state index contributed by atoms with van der Waals surface area (Å²) in [5.41, 5.74) is 2.04. The van der Waals surface area contributed by atoms with Gasteiger partial charge in [0.15, 0.2) is 0 Å². The number of halogens is 1. The van der Waals surface area contributed by atoms with Crippen LogP contribution in [0.2, 0.25) is 0 Å². The number of hydrogen-bond donors (Lipinski definition) is 2. The lowest BCUT2D eigenvalue weighted by Gasteiger charge is -2.37. The third-order valence-corrected chi connectivity index (χ3v) is 4.55. The van der Waals surface area contributed by atoms with Gasteiger partial charge in [-0.05, 0) is 44.0 Å². The zero-order valence-corrected chi connectivity index (χ0v) is 13.3. The van der Waals surface area contributed by atoms with Gasteiger partial charge in [0, 0.05) is 29.8 Å². The Morgan fingerprint density at radius 1 is 1.37 bits per heavy atom. The Bertz CT molecular complexity index is 424. The van der Waals surface area contributed by atoms with E-state index in [1.54, 1.807) is 0 Å². The van der Waals surface area contributed by atoms with Crippen LogP contribution in [0.15, 0.2) is 22.7 Å². The van der Waals surface area contributed by atoms with Crippen LogP contribution < -0.4 is 10.2 Å². The topological polar surface area (TPSA) is 35.5 Å². The maximum atomic E-state index is 9.99. The first kappa shape index (κ1) is 14.8. The molecule has 1 aromatic rings. The lowest BCUT2D eigenvalue weighted by Crippen LogP contribution is -2.42. The van der Waals surface area contributed by atoms with Crippen molar-refractivity contribution in [1.82, 2.24) is 5.32 Å². The number of hydrogen-bond acceptors (Lipinski definition) is 3. The molecule has 0 unspecified atom stereocenters. The average molecular weight is 327 g/mol. The van der Waals surface area contributed by atoms with Crippen molar-refractivity contribution in [3.63, 3.8) is 0 Å². The highest BCUT2D eigenvalue weighted by Gasteiger charge is 2.27. The maximum Gasteiger partial charge on any atom is 0.0653 e. The molecule has 0 amide bonds. The first-order valence-corrected chi connectivity index (χ1v) is 7.77. The molecule has 1 aromatic carbocycles. The smallest absolute Gasteiger partial charge is 0.0653 e. The first-order chi connectivity index (χ1) is 9.02. The second-order valence-corrected chi connectivity index (χ2v) is 6.39. The van der Waals surface area contributed by atoms with Gasteiger partial charge in [-0.2, -0.15) is 0 Å². The van der Waals surface area contributed by atoms with Crippen LogP contribution in [-0.2, 0) is 6.54 Å². The van der Waals surface area contributed by atoms with E-state index in [9.17, 15) is 5.11 Å². The number of nitrogens with one attached hydrogen (secondary N) is 1. The van der Waals surface area contributed by atoms with Gasteiger partial charge in [0.2, 0.25) is 0 Å². The molecule has 1 saturated heterocycles. The highest BCUT2D eigenvalue weighted by atomic mass is 79.9. The van der Waals surface area contributed by atoms with Crippen molar-refractivity contribution in [2.24, 2.45) is 0 Å². The van der Waals surface area contributed by atoms with E-state index in [0.717, 1.165) is 43.5 Å². The summed E-state index contributed by atoms with van der Waals surface area (Å²) in [5, 5.41) is 13.3. The van der Waals surface area contributed by atoms with Crippen molar-refractivity contribution in [3.8, 4) is 0 Å². The largest absolute Gasteiger partial charge is 0.390 e. The second kappa shape index (κ2) is 6.25. The van der Waals surface area contributed by atoms with E-state index in [4.69, 9.17) is 0 Å². The fourth-order valence-electron chi connectivity index (χ4n) is 2.38. The summed E-state index contributed by atoms with van der Waals surface area (Å²) < 4.78 is 1.16. The Morgan fingerprint density at radius 2 is 2.05 bits per heavy atom. The minimum Gasteiger partial charge on any atom is -0.390 e. The Morgan fingerprint density at radius 3 is 2.63 bits per heavy atom. The van der Waals surface area contributed by atoms with Crippen LogP contribution in [0.1, 0.15) is 32.3 Å². The van der Waals surface area contributed by atoms with Crippen molar-refractivity contribution in [1.29, 1.82) is 0 Å². The normalized spacial score (nSPS) is 18.6. The van der Waals surface area contributed by atoms with E-state index in [1.807, 2.05) is 6.92 Å². The molecular formula is C15H23BrN2O. The molecule has 0 saturated carbocycles. The lowest BCUT2D eigenvalue weighted by atomic mass is 9.93. The van der Waals surface area contributed by atoms with Crippen molar-refractivity contribution in [2.75, 3.05) is 24.5 Å². The molecule has 1 aliphatic rings. The van der Waals surface area contributed by atoms with E-state index in [-0.39, 0.29) is 0 Å². The minimum absolute atomic E-state index is 0.487. The average Bonchev–Trinajstić information content (AvgIpc) is 2.37. The van der Waals surface area contributed by atoms with Crippen molar-refractivity contribution < 1.29 is 5.11 Å². The molecule has 2 N–H and O–H groups in total. The molecule has 0 aromatic heterocycles. The van der Waals surface area contributed by atoms with E-state index in [2.05, 4.69) is 51.3 Å². The quantitative estimate of drug-likeness (QED) is 0.893. The van der Waals surface area contributed by atoms with E-state index < -0.39 is 5.60 Å². The number of rotatable bonds is 4. The Kier molecular flexibility index (Phi) is 4.87. The SMILES string of the molecule is CCNCc1ccc(N2CCC(C)(O)CC2)cc1Br. The van der Waals surface area contributed by atoms with E-state index in [1.165, 1.54) is 11.3 Å². The van der Waals surface area contributed by atoms with Gasteiger partial charge in [0.25, 0.3) is 0 Å². The summed E-state index contributed by atoms with van der Waals surface area (Å²) in [5.74, 6) is 0. The summed E-state index contributed by atoms with van der Waals surface area (Å²) in [6.45, 7) is 7.77. The molecule has 1 fully saturated rings. The zero-order valence-electron chi connectivity index (χ0n) is 11.7. The van der Waals surface area contributed by atoms with Gasteiger partial charge in [-0.3, -0.25) is 0 Å². The highest BCUT2D eigenvalue weighted by molar-refractivity contribution is 9.10. The van der Waals surface area contributed by atoms with Crippen LogP contribution >= 0.6 is 15.9 Å². The van der Waals surface area contributed by atoms with Crippen LogP contribution in [0.25, 0.3) is 0 Å². The molecule has 19 heavy (non-hydrogen) atoms. The van der Waals surface area contributed by atoms with Crippen LogP contribution in [0.4, 0.5) is 5.69 Å². The predicted octanol–water partition coefficient (Wildman–Crippen LogP) is 2.91. The molecule has 0 bridgehead atoms. The van der Waals surface area contributed by atoms with Gasteiger partial charge in [0.1, 0.15) is 0 Å². The van der Waals surface area contributed by atoms with Crippen molar-refractivity contribution in [3.05, 3.63) is 28.2 Å². The fourth-order valence-corrected chi connectivity index (χ4v) is 2.89. The summed E-state index contributed by atoms with van der Waals surface area (Å²) in [6.07, 6.45) is 1.67. The molecule has 0 radical (unpaired) electrons. The Hall–Kier alpha value is -0.580. The zero-order chi connectivity index (χ0) is 13.9. The van der Waals surface area contributed by atoms with E-state index in [0.29, 0.717) is 0 Å². The van der Waals surface area contributed by atoms with Crippen molar-refractivity contribution in [2.45, 2.75) is 38.8 Å². The molecule has 0 spiro atoms. The number of benzene rings is 1. The first-order valence-electron chi connectivity index (χ1n) is 6.98. The summed E-state index contributed by atoms with van der Waals surface area (Å²) >= 11 is 3.65. The third-order valence-electron chi connectivity index (χ3n) is 3.81. The molecular weight excluding hydrogens is 304 g/mol. The van der Waals surface area contributed by atoms with Gasteiger partial charge in [-0.15, -0.1) is 0 Å². The molecule has 2 rings (SSSR count). The van der Waals surface area contributed by atoms with Gasteiger partial charge >= 0.3 is 0 Å². The summed E-state index contributed by atoms with van der Waals surface area (Å²) in [4.78, 5) is 2.35. The highest BCUT2D eigenvalue weighted by Crippen LogP contribution is 2.29. The third kappa shape index (κ3) is 3.94. The predicted molar refractivity (Wildman–Crippen MR) is 83.6 cm³/mol. The van der Waals surface area contributed by atoms with Crippen LogP contribution in [-0.4, -0.2) is 30.3 Å². The van der Waals surface area contributed by atoms with Gasteiger partial charge in [-0.25, -0.2) is 0 Å². The standard InChI is InChI=1S/C15H23BrN2O/c1-3-17-11-12-4-5-13(10-14(12)16)18-8-6-15(2,19)7-9-18/h4-5,10,17,19H,3,6-9,11H2,1-2H3. The number of nitrogens with zero attached hydrogens (tertiary/aromatic N) is 1. The van der Waals surface area contributed by atoms with E-state index >= 15 is 0 Å². The lowest BCUT2D eigenvalue weighted by molar-refractivity contribution is 0.0351. The monoisotopic (exact) mass is 326 g/mol. The summed E-state index contributed by atoms with van der Waals surface area (Å²) in [7, 11) is 0. The molecule has 1 aliphatic heterocycles. The molecule has 0 aliphatic carbocycles. The fraction of sp³-hybridized carbons (Fsp3) is 0.600. The Balaban J connectivity index is 2.04. The Labute approximate surface area is 124 Å². The molecule has 1 heterocycles. The molecule has 3 nitrogen and oxygen atoms in total. The van der Waals surface area contributed by atoms with Crippen molar-refractivity contribution >= 4 is 21.6 Å². The minimum atomic E-state index is -0.487. The number of anilines is 1. The van der Waals surface area contributed by atoms with Gasteiger partial charge in [0.05, 0.1) is 5.60 Å². The van der Waals surface area contributed by atoms with Gasteiger partial charge < -0.3 is 15.3 Å². The number of piperidine rings is 1. The second-order valence-electron chi connectivity index (χ2n) is 5.54. The van der Waals surface area contributed by atoms with Crippen LogP contribution in [0.3, 0.4) is 0 Å². The van der Waals surface area contributed by atoms with Crippen LogP contribution in [0.5, 0.6) is 0 Å². The van der Waals surface area contributed by atoms with Crippen LogP contribution in [0, 0.1) is 0 Å². The summed E-state index contributed by atoms with van der Waals surface area (Å²) in [6, 6.07) is 6.54. The molecule has 106 valence electrons.